The molecule has 136 valence electrons. The van der Waals surface area contributed by atoms with Crippen LogP contribution in [0.3, 0.4) is 0 Å². The van der Waals surface area contributed by atoms with E-state index in [2.05, 4.69) is 19.3 Å². The first kappa shape index (κ1) is 17.2. The normalized spacial score (nSPS) is 20.8. The molecule has 2 aromatic rings. The van der Waals surface area contributed by atoms with Crippen LogP contribution in [0.5, 0.6) is 0 Å². The number of aromatic carboxylic acids is 1. The van der Waals surface area contributed by atoms with Gasteiger partial charge in [0, 0.05) is 16.0 Å². The van der Waals surface area contributed by atoms with Crippen molar-refractivity contribution < 1.29 is 14.7 Å². The minimum atomic E-state index is -0.991. The monoisotopic (exact) mass is 371 g/mol. The zero-order valence-electron chi connectivity index (χ0n) is 14.7. The van der Waals surface area contributed by atoms with Crippen molar-refractivity contribution in [3.63, 3.8) is 0 Å². The molecule has 1 atom stereocenters. The van der Waals surface area contributed by atoms with Crippen molar-refractivity contribution in [2.75, 3.05) is 4.90 Å². The topological polar surface area (TPSA) is 95.7 Å². The number of carbonyl (C=O) groups is 2. The zero-order valence-corrected chi connectivity index (χ0v) is 15.5. The van der Waals surface area contributed by atoms with Crippen LogP contribution in [-0.4, -0.2) is 17.0 Å². The third-order valence-corrected chi connectivity index (χ3v) is 6.60. The lowest BCUT2D eigenvalue weighted by Gasteiger charge is -2.29. The number of rotatable bonds is 3. The summed E-state index contributed by atoms with van der Waals surface area (Å²) in [4.78, 5) is 27.7. The predicted molar refractivity (Wildman–Crippen MR) is 100 cm³/mol. The number of carboxylic acid groups (broad SMARTS) is 1. The van der Waals surface area contributed by atoms with Gasteiger partial charge in [-0.2, -0.15) is 0 Å². The second-order valence-electron chi connectivity index (χ2n) is 7.66. The number of aryl methyl sites for hydroxylation is 1. The van der Waals surface area contributed by atoms with E-state index < -0.39 is 12.1 Å². The molecule has 0 spiro atoms. The van der Waals surface area contributed by atoms with Crippen LogP contribution in [-0.2, 0) is 12.8 Å². The first-order chi connectivity index (χ1) is 12.3. The van der Waals surface area contributed by atoms with Crippen LogP contribution in [0.4, 0.5) is 5.00 Å². The molecule has 0 radical (unpaired) electrons. The Balaban J connectivity index is 1.88. The summed E-state index contributed by atoms with van der Waals surface area (Å²) in [5.41, 5.74) is 5.17. The molecular weight excluding hydrogens is 350 g/mol. The van der Waals surface area contributed by atoms with Crippen LogP contribution in [0.15, 0.2) is 24.3 Å². The van der Waals surface area contributed by atoms with Gasteiger partial charge in [-0.1, -0.05) is 32.0 Å². The number of amides is 1. The number of carboxylic acids is 1. The number of fused-ring (bicyclic) bond motifs is 2. The van der Waals surface area contributed by atoms with Crippen molar-refractivity contribution >= 4 is 28.2 Å². The molecule has 4 N–H and O–H groups in total. The number of carbonyl (C=O) groups excluding carboxylic acids is 1. The fourth-order valence-corrected chi connectivity index (χ4v) is 5.32. The summed E-state index contributed by atoms with van der Waals surface area (Å²) in [6.07, 6.45) is 1.98. The van der Waals surface area contributed by atoms with Crippen LogP contribution in [0, 0.1) is 5.41 Å². The van der Waals surface area contributed by atoms with Gasteiger partial charge in [-0.05, 0) is 36.3 Å². The molecule has 1 aromatic heterocycles. The molecule has 0 saturated heterocycles. The van der Waals surface area contributed by atoms with Crippen molar-refractivity contribution in [2.45, 2.75) is 39.3 Å². The highest BCUT2D eigenvalue weighted by Crippen LogP contribution is 2.48. The van der Waals surface area contributed by atoms with Gasteiger partial charge in [-0.25, -0.2) is 10.2 Å². The fraction of sp³-hybridized carbons (Fsp3) is 0.368. The summed E-state index contributed by atoms with van der Waals surface area (Å²) in [5.74, 6) is 4.53. The van der Waals surface area contributed by atoms with Crippen LogP contribution in [0.25, 0.3) is 0 Å². The Morgan fingerprint density at radius 2 is 2.12 bits per heavy atom. The van der Waals surface area contributed by atoms with Gasteiger partial charge in [-0.15, -0.1) is 11.3 Å². The number of benzene rings is 1. The molecule has 4 rings (SSSR count). The van der Waals surface area contributed by atoms with Gasteiger partial charge in [-0.3, -0.25) is 15.5 Å². The first-order valence-corrected chi connectivity index (χ1v) is 9.42. The van der Waals surface area contributed by atoms with Crippen molar-refractivity contribution in [3.8, 4) is 0 Å². The summed E-state index contributed by atoms with van der Waals surface area (Å²) < 4.78 is 0. The summed E-state index contributed by atoms with van der Waals surface area (Å²) in [6.45, 7) is 4.31. The number of nitrogens with one attached hydrogen (secondary N) is 1. The van der Waals surface area contributed by atoms with E-state index in [0.717, 1.165) is 28.8 Å². The summed E-state index contributed by atoms with van der Waals surface area (Å²) in [7, 11) is 0. The quantitative estimate of drug-likeness (QED) is 0.569. The maximum atomic E-state index is 13.0. The number of anilines is 1. The fourth-order valence-electron chi connectivity index (χ4n) is 3.99. The van der Waals surface area contributed by atoms with E-state index in [1.54, 1.807) is 12.1 Å². The Bertz CT molecular complexity index is 919. The van der Waals surface area contributed by atoms with Gasteiger partial charge < -0.3 is 5.11 Å². The largest absolute Gasteiger partial charge is 0.478 e. The van der Waals surface area contributed by atoms with Gasteiger partial charge in [0.05, 0.1) is 5.56 Å². The second-order valence-corrected chi connectivity index (χ2v) is 8.75. The van der Waals surface area contributed by atoms with E-state index in [9.17, 15) is 14.7 Å². The van der Waals surface area contributed by atoms with Crippen LogP contribution in [0.2, 0.25) is 0 Å². The van der Waals surface area contributed by atoms with Crippen molar-refractivity contribution in [1.82, 2.24) is 5.43 Å². The third kappa shape index (κ3) is 2.46. The Morgan fingerprint density at radius 1 is 1.38 bits per heavy atom. The van der Waals surface area contributed by atoms with E-state index in [1.807, 2.05) is 12.1 Å². The second kappa shape index (κ2) is 5.90. The van der Waals surface area contributed by atoms with Gasteiger partial charge >= 0.3 is 5.97 Å². The summed E-state index contributed by atoms with van der Waals surface area (Å²) in [6, 6.07) is 7.24. The first-order valence-electron chi connectivity index (χ1n) is 8.60. The van der Waals surface area contributed by atoms with Gasteiger partial charge in [0.1, 0.15) is 11.2 Å². The minimum absolute atomic E-state index is 0.0546. The Kier molecular flexibility index (Phi) is 3.91. The molecule has 0 bridgehead atoms. The third-order valence-electron chi connectivity index (χ3n) is 5.31. The van der Waals surface area contributed by atoms with E-state index in [4.69, 9.17) is 5.84 Å². The summed E-state index contributed by atoms with van der Waals surface area (Å²) >= 11 is 1.41. The van der Waals surface area contributed by atoms with Crippen molar-refractivity contribution in [1.29, 1.82) is 0 Å². The number of nitrogens with zero attached hydrogens (tertiary/aromatic N) is 1. The molecule has 7 heteroatoms. The Hall–Kier alpha value is -2.22. The highest BCUT2D eigenvalue weighted by atomic mass is 32.1. The molecule has 0 saturated carbocycles. The molecule has 0 fully saturated rings. The highest BCUT2D eigenvalue weighted by Gasteiger charge is 2.42. The van der Waals surface area contributed by atoms with Gasteiger partial charge in [0.25, 0.3) is 5.91 Å². The molecule has 6 nitrogen and oxygen atoms in total. The van der Waals surface area contributed by atoms with Gasteiger partial charge in [0.15, 0.2) is 0 Å². The Morgan fingerprint density at radius 3 is 2.81 bits per heavy atom. The van der Waals surface area contributed by atoms with E-state index in [-0.39, 0.29) is 16.9 Å². The lowest BCUT2D eigenvalue weighted by Crippen LogP contribution is -2.40. The molecule has 1 aliphatic carbocycles. The van der Waals surface area contributed by atoms with Crippen molar-refractivity contribution in [2.24, 2.45) is 11.3 Å². The molecule has 1 amide bonds. The molecule has 1 unspecified atom stereocenters. The van der Waals surface area contributed by atoms with Gasteiger partial charge in [0.2, 0.25) is 0 Å². The maximum Gasteiger partial charge on any atom is 0.339 e. The molecule has 1 aliphatic heterocycles. The smallest absolute Gasteiger partial charge is 0.339 e. The summed E-state index contributed by atoms with van der Waals surface area (Å²) in [5, 5.41) is 10.4. The number of hydrogen-bond acceptors (Lipinski definition) is 5. The van der Waals surface area contributed by atoms with Crippen LogP contribution in [0.1, 0.15) is 63.2 Å². The average molecular weight is 371 g/mol. The van der Waals surface area contributed by atoms with E-state index in [1.165, 1.54) is 16.2 Å². The molecule has 2 aliphatic rings. The van der Waals surface area contributed by atoms with E-state index >= 15 is 0 Å². The number of hydrogen-bond donors (Lipinski definition) is 3. The SMILES string of the molecule is CC1(C)CCc2sc(N3C(=O)c4ccccc4C3NN)c(C(=O)O)c2C1. The number of hydrazine groups is 1. The average Bonchev–Trinajstić information content (AvgIpc) is 3.09. The lowest BCUT2D eigenvalue weighted by molar-refractivity contribution is 0.0696. The van der Waals surface area contributed by atoms with Crippen LogP contribution < -0.4 is 16.2 Å². The molecule has 2 heterocycles. The lowest BCUT2D eigenvalue weighted by atomic mass is 9.76. The van der Waals surface area contributed by atoms with E-state index in [0.29, 0.717) is 17.0 Å². The highest BCUT2D eigenvalue weighted by molar-refractivity contribution is 7.17. The van der Waals surface area contributed by atoms with Crippen LogP contribution >= 0.6 is 11.3 Å². The zero-order chi connectivity index (χ0) is 18.6. The van der Waals surface area contributed by atoms with Crippen molar-refractivity contribution in [3.05, 3.63) is 51.4 Å². The minimum Gasteiger partial charge on any atom is -0.478 e. The standard InChI is InChI=1S/C19H21N3O3S/c1-19(2)8-7-13-12(9-19)14(18(24)25)17(26-13)22-15(21-20)10-5-3-4-6-11(10)16(22)23/h3-6,15,21H,7-9,20H2,1-2H3,(H,24,25). The number of thiophene rings is 1. The maximum absolute atomic E-state index is 13.0. The number of nitrogens with two attached hydrogens (primary N) is 1. The predicted octanol–water partition coefficient (Wildman–Crippen LogP) is 3.08. The molecule has 1 aromatic carbocycles. The molecule has 26 heavy (non-hydrogen) atoms. The molecular formula is C19H21N3O3S. The Labute approximate surface area is 155 Å².